The van der Waals surface area contributed by atoms with Crippen LogP contribution in [-0.2, 0) is 27.3 Å². The zero-order valence-corrected chi connectivity index (χ0v) is 24.5. The summed E-state index contributed by atoms with van der Waals surface area (Å²) in [5, 5.41) is 23.1. The molecule has 0 bridgehead atoms. The summed E-state index contributed by atoms with van der Waals surface area (Å²) < 4.78 is 11.9. The molecule has 0 aliphatic heterocycles. The zero-order valence-electron chi connectivity index (χ0n) is 24.5. The van der Waals surface area contributed by atoms with E-state index in [0.29, 0.717) is 12.1 Å². The fourth-order valence-corrected chi connectivity index (χ4v) is 5.40. The minimum atomic E-state index is -0.537. The van der Waals surface area contributed by atoms with Crippen LogP contribution in [-0.4, -0.2) is 42.5 Å². The van der Waals surface area contributed by atoms with Crippen molar-refractivity contribution in [1.82, 2.24) is 5.32 Å². The summed E-state index contributed by atoms with van der Waals surface area (Å²) in [6.07, 6.45) is 21.0. The molecular formula is C36H45NO5. The molecule has 6 nitrogen and oxygen atoms in total. The monoisotopic (exact) mass is 571 g/mol. The predicted molar refractivity (Wildman–Crippen MR) is 167 cm³/mol. The van der Waals surface area contributed by atoms with Gasteiger partial charge in [-0.2, -0.15) is 0 Å². The van der Waals surface area contributed by atoms with Crippen LogP contribution in [0.25, 0.3) is 0 Å². The molecule has 3 atom stereocenters. The Balaban J connectivity index is 1.15. The van der Waals surface area contributed by atoms with Crippen molar-refractivity contribution < 1.29 is 24.5 Å². The maximum atomic E-state index is 13.3. The second kappa shape index (κ2) is 17.5. The van der Waals surface area contributed by atoms with Crippen molar-refractivity contribution in [2.75, 3.05) is 26.3 Å². The van der Waals surface area contributed by atoms with Gasteiger partial charge in [0.05, 0.1) is 12.5 Å². The van der Waals surface area contributed by atoms with Gasteiger partial charge in [-0.25, -0.2) is 0 Å². The summed E-state index contributed by atoms with van der Waals surface area (Å²) in [7, 11) is 0. The van der Waals surface area contributed by atoms with E-state index in [0.717, 1.165) is 75.8 Å². The maximum absolute atomic E-state index is 13.3. The van der Waals surface area contributed by atoms with Gasteiger partial charge in [0.15, 0.2) is 0 Å². The highest BCUT2D eigenvalue weighted by molar-refractivity contribution is 5.77. The molecule has 0 saturated heterocycles. The molecule has 0 fully saturated rings. The number of benzene rings is 2. The van der Waals surface area contributed by atoms with Gasteiger partial charge in [-0.15, -0.1) is 0 Å². The summed E-state index contributed by atoms with van der Waals surface area (Å²) in [6.45, 7) is 2.61. The first-order valence-electron chi connectivity index (χ1n) is 15.3. The summed E-state index contributed by atoms with van der Waals surface area (Å²) in [4.78, 5) is 13.3. The number of aryl methyl sites for hydroxylation is 1. The first kappa shape index (κ1) is 31.5. The Hall–Kier alpha value is -3.45. The number of hydrogen-bond donors (Lipinski definition) is 3. The van der Waals surface area contributed by atoms with E-state index in [1.165, 1.54) is 5.56 Å². The number of carbonyl (C=O) groups is 1. The molecule has 2 aliphatic rings. The normalized spacial score (nSPS) is 18.0. The molecule has 0 amide bonds. The summed E-state index contributed by atoms with van der Waals surface area (Å²) in [5.41, 5.74) is 3.64. The molecule has 3 N–H and O–H groups in total. The Bertz CT molecular complexity index is 1230. The molecule has 2 aromatic carbocycles. The zero-order chi connectivity index (χ0) is 29.4. The van der Waals surface area contributed by atoms with Crippen LogP contribution in [0.5, 0.6) is 5.75 Å². The Labute approximate surface area is 250 Å². The van der Waals surface area contributed by atoms with Crippen molar-refractivity contribution in [2.45, 2.75) is 57.7 Å². The molecule has 42 heavy (non-hydrogen) atoms. The van der Waals surface area contributed by atoms with Gasteiger partial charge in [0.2, 0.25) is 0 Å². The topological polar surface area (TPSA) is 88.0 Å². The molecule has 0 heterocycles. The molecule has 224 valence electrons. The number of allylic oxidation sites excluding steroid dienone is 7. The Morgan fingerprint density at radius 3 is 2.55 bits per heavy atom. The number of nitrogens with one attached hydrogen (secondary N) is 1. The van der Waals surface area contributed by atoms with Crippen LogP contribution in [0.15, 0.2) is 96.6 Å². The number of aliphatic hydroxyl groups excluding tert-OH is 1. The molecular weight excluding hydrogens is 526 g/mol. The third kappa shape index (κ3) is 9.83. The van der Waals surface area contributed by atoms with Crippen molar-refractivity contribution in [3.63, 3.8) is 0 Å². The number of ether oxygens (including phenoxy) is 2. The third-order valence-electron chi connectivity index (χ3n) is 7.84. The van der Waals surface area contributed by atoms with Gasteiger partial charge in [0.1, 0.15) is 11.9 Å². The minimum Gasteiger partial charge on any atom is -0.508 e. The third-order valence-corrected chi connectivity index (χ3v) is 7.84. The van der Waals surface area contributed by atoms with Crippen LogP contribution in [0.3, 0.4) is 0 Å². The van der Waals surface area contributed by atoms with Crippen LogP contribution in [0.1, 0.15) is 61.3 Å². The Kier molecular flexibility index (Phi) is 13.1. The average Bonchev–Trinajstić information content (AvgIpc) is 3.03. The lowest BCUT2D eigenvalue weighted by Gasteiger charge is -2.28. The van der Waals surface area contributed by atoms with Crippen LogP contribution in [0, 0.1) is 11.8 Å². The number of aliphatic hydroxyl groups is 1. The van der Waals surface area contributed by atoms with E-state index in [1.807, 2.05) is 42.5 Å². The molecule has 0 saturated carbocycles. The quantitative estimate of drug-likeness (QED) is 0.140. The highest BCUT2D eigenvalue weighted by atomic mass is 16.5. The first-order chi connectivity index (χ1) is 20.7. The van der Waals surface area contributed by atoms with Crippen LogP contribution >= 0.6 is 0 Å². The lowest BCUT2D eigenvalue weighted by Crippen LogP contribution is -2.31. The predicted octanol–water partition coefficient (Wildman–Crippen LogP) is 6.51. The first-order valence-corrected chi connectivity index (χ1v) is 15.3. The van der Waals surface area contributed by atoms with Gasteiger partial charge in [-0.05, 0) is 67.5 Å². The molecule has 0 radical (unpaired) electrons. The summed E-state index contributed by atoms with van der Waals surface area (Å²) in [5.74, 6) is -0.687. The maximum Gasteiger partial charge on any atom is 0.314 e. The molecule has 2 aromatic rings. The van der Waals surface area contributed by atoms with Gasteiger partial charge in [-0.1, -0.05) is 91.8 Å². The summed E-state index contributed by atoms with van der Waals surface area (Å²) in [6, 6.07) is 15.6. The molecule has 4 rings (SSSR count). The van der Waals surface area contributed by atoms with Gasteiger partial charge in [0, 0.05) is 31.2 Å². The smallest absolute Gasteiger partial charge is 0.314 e. The summed E-state index contributed by atoms with van der Waals surface area (Å²) >= 11 is 0. The molecule has 0 spiro atoms. The van der Waals surface area contributed by atoms with E-state index < -0.39 is 12.0 Å². The largest absolute Gasteiger partial charge is 0.508 e. The highest BCUT2D eigenvalue weighted by Crippen LogP contribution is 2.33. The van der Waals surface area contributed by atoms with Gasteiger partial charge < -0.3 is 25.0 Å². The number of phenols is 1. The van der Waals surface area contributed by atoms with Crippen molar-refractivity contribution in [1.29, 1.82) is 0 Å². The van der Waals surface area contributed by atoms with Crippen molar-refractivity contribution in [3.8, 4) is 5.75 Å². The number of unbranched alkanes of at least 4 members (excludes halogenated alkanes) is 4. The van der Waals surface area contributed by atoms with E-state index >= 15 is 0 Å². The lowest BCUT2D eigenvalue weighted by molar-refractivity contribution is -0.153. The Morgan fingerprint density at radius 2 is 1.71 bits per heavy atom. The SMILES string of the molecule is O=C(OC(CNCCCCCCOCCCCc1ccccc1)c1ccc(O)c(CO)c1)C1C=CC=C2C=CC=CC21. The molecule has 2 aliphatic carbocycles. The van der Waals surface area contributed by atoms with Gasteiger partial charge >= 0.3 is 5.97 Å². The second-order valence-electron chi connectivity index (χ2n) is 11.0. The van der Waals surface area contributed by atoms with Crippen molar-refractivity contribution >= 4 is 5.97 Å². The fourth-order valence-electron chi connectivity index (χ4n) is 5.40. The van der Waals surface area contributed by atoms with Crippen LogP contribution in [0.2, 0.25) is 0 Å². The molecule has 3 unspecified atom stereocenters. The Morgan fingerprint density at radius 1 is 0.905 bits per heavy atom. The van der Waals surface area contributed by atoms with E-state index in [-0.39, 0.29) is 24.2 Å². The molecule has 0 aromatic heterocycles. The number of aromatic hydroxyl groups is 1. The number of hydrogen-bond acceptors (Lipinski definition) is 6. The van der Waals surface area contributed by atoms with Gasteiger partial charge in [0.25, 0.3) is 0 Å². The second-order valence-corrected chi connectivity index (χ2v) is 11.0. The highest BCUT2D eigenvalue weighted by Gasteiger charge is 2.32. The van der Waals surface area contributed by atoms with E-state index in [1.54, 1.807) is 18.2 Å². The van der Waals surface area contributed by atoms with E-state index in [2.05, 4.69) is 35.6 Å². The van der Waals surface area contributed by atoms with E-state index in [4.69, 9.17) is 9.47 Å². The number of carbonyl (C=O) groups excluding carboxylic acids is 1. The lowest BCUT2D eigenvalue weighted by atomic mass is 9.80. The standard InChI is InChI=1S/C36H45NO5/c38-27-31-25-30(20-21-34(31)39)35(42-36(40)33-19-12-17-29-16-6-7-18-32(29)33)26-37-22-9-1-2-10-23-41-24-11-8-15-28-13-4-3-5-14-28/h3-7,12-14,16-21,25,32-33,35,37-39H,1-2,8-11,15,22-24,26-27H2. The number of rotatable bonds is 18. The molecule has 6 heteroatoms. The number of esters is 1. The van der Waals surface area contributed by atoms with Crippen LogP contribution < -0.4 is 5.32 Å². The van der Waals surface area contributed by atoms with Gasteiger partial charge in [-0.3, -0.25) is 4.79 Å². The number of fused-ring (bicyclic) bond motifs is 1. The van der Waals surface area contributed by atoms with E-state index in [9.17, 15) is 15.0 Å². The minimum absolute atomic E-state index is 0.0274. The van der Waals surface area contributed by atoms with Crippen molar-refractivity contribution in [3.05, 3.63) is 113 Å². The fraction of sp³-hybridized carbons (Fsp3) is 0.417. The van der Waals surface area contributed by atoms with Crippen molar-refractivity contribution in [2.24, 2.45) is 11.8 Å². The van der Waals surface area contributed by atoms with Crippen LogP contribution in [0.4, 0.5) is 0 Å². The average molecular weight is 572 g/mol.